The number of hydrogen-bond acceptors (Lipinski definition) is 4. The van der Waals surface area contributed by atoms with Gasteiger partial charge in [-0.25, -0.2) is 0 Å². The molecule has 0 fully saturated rings. The van der Waals surface area contributed by atoms with Crippen LogP contribution in [0.2, 0.25) is 0 Å². The molecule has 10 heteroatoms. The first kappa shape index (κ1) is 14.1. The maximum absolute atomic E-state index is 11.6. The van der Waals surface area contributed by atoms with Crippen LogP contribution in [-0.2, 0) is 9.13 Å². The monoisotopic (exact) mass is 311 g/mol. The van der Waals surface area contributed by atoms with Gasteiger partial charge in [-0.1, -0.05) is 12.2 Å². The van der Waals surface area contributed by atoms with Crippen molar-refractivity contribution in [1.29, 1.82) is 0 Å². The summed E-state index contributed by atoms with van der Waals surface area (Å²) in [6.07, 6.45) is 4.11. The van der Waals surface area contributed by atoms with Gasteiger partial charge in [0, 0.05) is 11.4 Å². The van der Waals surface area contributed by atoms with E-state index in [1.165, 1.54) is 6.08 Å². The number of allylic oxidation sites excluding steroid dienone is 3. The maximum Gasteiger partial charge on any atom is 0.352 e. The normalized spacial score (nSPS) is 22.6. The number of fused-ring (bicyclic) bond motifs is 1. The van der Waals surface area contributed by atoms with Gasteiger partial charge in [0.25, 0.3) is 0 Å². The van der Waals surface area contributed by atoms with Crippen molar-refractivity contribution in [3.05, 3.63) is 34.4 Å². The van der Waals surface area contributed by atoms with Crippen molar-refractivity contribution in [3.63, 3.8) is 0 Å². The van der Waals surface area contributed by atoms with E-state index in [9.17, 15) is 28.7 Å². The molecule has 0 amide bonds. The molecule has 1 heterocycles. The van der Waals surface area contributed by atoms with Gasteiger partial charge in [-0.3, -0.25) is 9.13 Å². The molecule has 18 heavy (non-hydrogen) atoms. The largest absolute Gasteiger partial charge is 0.380 e. The molecule has 1 aliphatic heterocycles. The van der Waals surface area contributed by atoms with Gasteiger partial charge in [0.05, 0.1) is 5.70 Å². The second-order valence-electron chi connectivity index (χ2n) is 3.92. The van der Waals surface area contributed by atoms with E-state index >= 15 is 0 Å². The van der Waals surface area contributed by atoms with Gasteiger partial charge in [0.2, 0.25) is 4.90 Å². The van der Waals surface area contributed by atoms with Crippen LogP contribution < -0.4 is 5.32 Å². The Labute approximate surface area is 108 Å². The molecule has 0 spiro atoms. The van der Waals surface area contributed by atoms with E-state index in [1.807, 2.05) is 0 Å². The van der Waals surface area contributed by atoms with E-state index < -0.39 is 20.1 Å². The van der Waals surface area contributed by atoms with E-state index in [0.29, 0.717) is 12.1 Å². The van der Waals surface area contributed by atoms with E-state index in [1.54, 1.807) is 6.08 Å². The first-order valence-electron chi connectivity index (χ1n) is 4.80. The van der Waals surface area contributed by atoms with Crippen molar-refractivity contribution in [2.24, 2.45) is 0 Å². The topological polar surface area (TPSA) is 127 Å². The molecule has 0 bridgehead atoms. The standard InChI is InChI=1S/C8H11NO6P2S/c10-16(11,12)8(17(13,14)15)4-5-2-1-3-9-6(5)7(8)18/h1-2,4,9,18H,3H2,(H2,10,11,12)(H2,13,14,15). The van der Waals surface area contributed by atoms with Crippen LogP contribution in [0.25, 0.3) is 0 Å². The molecule has 100 valence electrons. The number of hydrogen-bond donors (Lipinski definition) is 6. The van der Waals surface area contributed by atoms with Crippen LogP contribution in [0.3, 0.4) is 0 Å². The summed E-state index contributed by atoms with van der Waals surface area (Å²) in [5, 5.41) is 2.79. The Hall–Kier alpha value is -0.330. The van der Waals surface area contributed by atoms with Crippen LogP contribution in [0.15, 0.2) is 34.4 Å². The third-order valence-corrected chi connectivity index (χ3v) is 7.79. The highest BCUT2D eigenvalue weighted by Gasteiger charge is 2.63. The van der Waals surface area contributed by atoms with Crippen molar-refractivity contribution in [1.82, 2.24) is 5.32 Å². The lowest BCUT2D eigenvalue weighted by Crippen LogP contribution is -2.27. The molecule has 2 rings (SSSR count). The highest BCUT2D eigenvalue weighted by molar-refractivity contribution is 7.87. The maximum atomic E-state index is 11.6. The number of rotatable bonds is 2. The Bertz CT molecular complexity index is 560. The summed E-state index contributed by atoms with van der Waals surface area (Å²) in [4.78, 5) is 34.4. The van der Waals surface area contributed by atoms with Gasteiger partial charge in [-0.15, -0.1) is 12.6 Å². The van der Waals surface area contributed by atoms with Crippen LogP contribution in [-0.4, -0.2) is 31.0 Å². The Morgan fingerprint density at radius 1 is 1.22 bits per heavy atom. The molecule has 0 saturated heterocycles. The summed E-state index contributed by atoms with van der Waals surface area (Å²) in [6, 6.07) is 0. The fraction of sp³-hybridized carbons (Fsp3) is 0.250. The Morgan fingerprint density at radius 3 is 2.22 bits per heavy atom. The predicted octanol–water partition coefficient (Wildman–Crippen LogP) is 0.279. The molecule has 1 aliphatic carbocycles. The minimum atomic E-state index is -5.14. The van der Waals surface area contributed by atoms with Gasteiger partial charge in [0.15, 0.2) is 0 Å². The zero-order valence-corrected chi connectivity index (χ0v) is 11.6. The van der Waals surface area contributed by atoms with Crippen LogP contribution in [0.5, 0.6) is 0 Å². The van der Waals surface area contributed by atoms with Crippen LogP contribution >= 0.6 is 27.8 Å². The van der Waals surface area contributed by atoms with E-state index in [-0.39, 0.29) is 10.6 Å². The molecule has 2 aliphatic rings. The van der Waals surface area contributed by atoms with Crippen molar-refractivity contribution in [2.45, 2.75) is 4.90 Å². The quantitative estimate of drug-likeness (QED) is 0.319. The fourth-order valence-electron chi connectivity index (χ4n) is 1.96. The van der Waals surface area contributed by atoms with Crippen molar-refractivity contribution < 1.29 is 28.7 Å². The Balaban J connectivity index is 2.79. The molecular weight excluding hydrogens is 300 g/mol. The summed E-state index contributed by atoms with van der Waals surface area (Å²) in [5.74, 6) is 0. The molecule has 7 nitrogen and oxygen atoms in total. The van der Waals surface area contributed by atoms with E-state index in [4.69, 9.17) is 0 Å². The Morgan fingerprint density at radius 2 is 1.78 bits per heavy atom. The molecule has 0 radical (unpaired) electrons. The van der Waals surface area contributed by atoms with Crippen LogP contribution in [0, 0.1) is 0 Å². The van der Waals surface area contributed by atoms with Gasteiger partial charge >= 0.3 is 15.2 Å². The summed E-state index contributed by atoms with van der Waals surface area (Å²) < 4.78 is 23.2. The van der Waals surface area contributed by atoms with E-state index in [2.05, 4.69) is 17.9 Å². The van der Waals surface area contributed by atoms with Crippen LogP contribution in [0.1, 0.15) is 0 Å². The molecule has 0 atom stereocenters. The second-order valence-corrected chi connectivity index (χ2v) is 8.31. The molecule has 0 aromatic rings. The lowest BCUT2D eigenvalue weighted by Gasteiger charge is -2.30. The number of thiol groups is 1. The first-order chi connectivity index (χ1) is 8.11. The summed E-state index contributed by atoms with van der Waals surface area (Å²) in [5.41, 5.74) is 0.561. The van der Waals surface area contributed by atoms with E-state index in [0.717, 1.165) is 6.08 Å². The summed E-state index contributed by atoms with van der Waals surface area (Å²) in [7, 11) is -10.3. The average molecular weight is 311 g/mol. The SMILES string of the molecule is O=P(O)(O)C1(P(=O)(O)O)C=C2C=CCNC2=C1S. The van der Waals surface area contributed by atoms with Gasteiger partial charge in [-0.05, 0) is 11.6 Å². The lowest BCUT2D eigenvalue weighted by atomic mass is 10.2. The van der Waals surface area contributed by atoms with Crippen molar-refractivity contribution >= 4 is 27.8 Å². The highest BCUT2D eigenvalue weighted by atomic mass is 32.1. The second kappa shape index (κ2) is 4.08. The summed E-state index contributed by atoms with van der Waals surface area (Å²) >= 11 is 3.93. The minimum absolute atomic E-state index is 0.243. The average Bonchev–Trinajstić information content (AvgIpc) is 2.52. The highest BCUT2D eigenvalue weighted by Crippen LogP contribution is 2.75. The molecule has 0 unspecified atom stereocenters. The third-order valence-electron chi connectivity index (χ3n) is 2.81. The molecule has 5 N–H and O–H groups in total. The molecule has 0 aromatic heterocycles. The predicted molar refractivity (Wildman–Crippen MR) is 68.1 cm³/mol. The van der Waals surface area contributed by atoms with Crippen molar-refractivity contribution in [2.75, 3.05) is 6.54 Å². The Kier molecular flexibility index (Phi) is 3.19. The minimum Gasteiger partial charge on any atom is -0.380 e. The van der Waals surface area contributed by atoms with Gasteiger partial charge in [0.1, 0.15) is 0 Å². The third kappa shape index (κ3) is 1.77. The van der Waals surface area contributed by atoms with Crippen LogP contribution in [0.4, 0.5) is 0 Å². The zero-order chi connectivity index (χ0) is 13.8. The van der Waals surface area contributed by atoms with Gasteiger partial charge in [-0.2, -0.15) is 0 Å². The summed E-state index contributed by atoms with van der Waals surface area (Å²) in [6.45, 7) is 0.398. The molecule has 0 aromatic carbocycles. The van der Waals surface area contributed by atoms with Gasteiger partial charge < -0.3 is 24.9 Å². The number of nitrogens with one attached hydrogen (secondary N) is 1. The zero-order valence-electron chi connectivity index (χ0n) is 8.89. The lowest BCUT2D eigenvalue weighted by molar-refractivity contribution is 0.333. The molecular formula is C8H11NO6P2S. The smallest absolute Gasteiger partial charge is 0.352 e. The fourth-order valence-corrected chi connectivity index (χ4v) is 5.76. The first-order valence-corrected chi connectivity index (χ1v) is 8.47. The molecule has 0 saturated carbocycles. The van der Waals surface area contributed by atoms with Crippen molar-refractivity contribution in [3.8, 4) is 0 Å².